The second-order valence-corrected chi connectivity index (χ2v) is 6.01. The van der Waals surface area contributed by atoms with E-state index in [4.69, 9.17) is 11.6 Å². The van der Waals surface area contributed by atoms with E-state index in [1.54, 1.807) is 12.7 Å². The average Bonchev–Trinajstić information content (AvgIpc) is 3.18. The lowest BCUT2D eigenvalue weighted by molar-refractivity contribution is 0.776. The van der Waals surface area contributed by atoms with Crippen molar-refractivity contribution in [3.8, 4) is 0 Å². The number of aromatic nitrogens is 6. The third-order valence-corrected chi connectivity index (χ3v) is 4.20. The van der Waals surface area contributed by atoms with E-state index in [0.29, 0.717) is 10.8 Å². The summed E-state index contributed by atoms with van der Waals surface area (Å²) in [5.74, 6) is 1.51. The fourth-order valence-corrected chi connectivity index (χ4v) is 2.87. The van der Waals surface area contributed by atoms with Gasteiger partial charge in [0, 0.05) is 11.6 Å². The van der Waals surface area contributed by atoms with Crippen LogP contribution in [0.2, 0.25) is 5.02 Å². The van der Waals surface area contributed by atoms with Gasteiger partial charge in [0.2, 0.25) is 0 Å². The number of aromatic amines is 1. The summed E-state index contributed by atoms with van der Waals surface area (Å²) in [6.45, 7) is 4.88. The first-order chi connectivity index (χ1) is 11.7. The Labute approximate surface area is 143 Å². The number of aryl methyl sites for hydroxylation is 1. The van der Waals surface area contributed by atoms with Gasteiger partial charge in [-0.25, -0.2) is 19.9 Å². The van der Waals surface area contributed by atoms with Crippen LogP contribution >= 0.6 is 11.6 Å². The maximum atomic E-state index is 6.03. The Morgan fingerprint density at radius 1 is 1.29 bits per heavy atom. The Balaban J connectivity index is 1.67. The van der Waals surface area contributed by atoms with E-state index in [1.165, 1.54) is 0 Å². The number of H-pyrrole nitrogens is 1. The molecule has 1 unspecified atom stereocenters. The Kier molecular flexibility index (Phi) is 3.57. The van der Waals surface area contributed by atoms with Crippen molar-refractivity contribution in [3.63, 3.8) is 0 Å². The monoisotopic (exact) mass is 341 g/mol. The van der Waals surface area contributed by atoms with Crippen LogP contribution < -0.4 is 5.32 Å². The average molecular weight is 342 g/mol. The standard InChI is InChI=1S/C16H16ClN7/c1-3-24-8-20-13-15(18-7-19-16(13)24)21-9(2)14-22-11-5-4-10(17)6-12(11)23-14/h4-9H,3H2,1-2H3,(H,22,23)(H,18,19,21). The molecule has 3 aromatic heterocycles. The van der Waals surface area contributed by atoms with Gasteiger partial charge in [-0.15, -0.1) is 0 Å². The minimum Gasteiger partial charge on any atom is -0.358 e. The van der Waals surface area contributed by atoms with Gasteiger partial charge < -0.3 is 14.9 Å². The predicted molar refractivity (Wildman–Crippen MR) is 94.1 cm³/mol. The van der Waals surface area contributed by atoms with E-state index >= 15 is 0 Å². The number of rotatable bonds is 4. The molecule has 0 bridgehead atoms. The number of imidazole rings is 2. The Morgan fingerprint density at radius 3 is 3.00 bits per heavy atom. The number of benzene rings is 1. The SMILES string of the molecule is CCn1cnc2c(NC(C)c3nc4ccc(Cl)cc4[nH]3)ncnc21. The molecular weight excluding hydrogens is 326 g/mol. The maximum absolute atomic E-state index is 6.03. The highest BCUT2D eigenvalue weighted by atomic mass is 35.5. The Hall–Kier alpha value is -2.67. The highest BCUT2D eigenvalue weighted by Crippen LogP contribution is 2.24. The molecule has 0 aliphatic carbocycles. The molecule has 8 heteroatoms. The predicted octanol–water partition coefficient (Wildman–Crippen LogP) is 3.55. The molecule has 0 saturated heterocycles. The topological polar surface area (TPSA) is 84.3 Å². The van der Waals surface area contributed by atoms with Crippen LogP contribution in [0.25, 0.3) is 22.2 Å². The highest BCUT2D eigenvalue weighted by molar-refractivity contribution is 6.31. The van der Waals surface area contributed by atoms with Gasteiger partial charge >= 0.3 is 0 Å². The van der Waals surface area contributed by atoms with Gasteiger partial charge in [0.15, 0.2) is 11.5 Å². The smallest absolute Gasteiger partial charge is 0.165 e. The van der Waals surface area contributed by atoms with Gasteiger partial charge in [0.05, 0.1) is 23.4 Å². The third kappa shape index (κ3) is 2.46. The quantitative estimate of drug-likeness (QED) is 0.593. The molecular formula is C16H16ClN7. The summed E-state index contributed by atoms with van der Waals surface area (Å²) in [6, 6.07) is 5.53. The van der Waals surface area contributed by atoms with Crippen molar-refractivity contribution in [2.24, 2.45) is 0 Å². The highest BCUT2D eigenvalue weighted by Gasteiger charge is 2.15. The minimum absolute atomic E-state index is 0.0685. The van der Waals surface area contributed by atoms with Crippen molar-refractivity contribution in [1.29, 1.82) is 0 Å². The van der Waals surface area contributed by atoms with E-state index in [0.717, 1.165) is 34.6 Å². The molecule has 0 amide bonds. The first-order valence-electron chi connectivity index (χ1n) is 7.73. The minimum atomic E-state index is -0.0685. The number of nitrogens with one attached hydrogen (secondary N) is 2. The third-order valence-electron chi connectivity index (χ3n) is 3.97. The van der Waals surface area contributed by atoms with Crippen molar-refractivity contribution in [2.45, 2.75) is 26.4 Å². The van der Waals surface area contributed by atoms with Gasteiger partial charge in [-0.3, -0.25) is 0 Å². The molecule has 1 aromatic carbocycles. The summed E-state index contributed by atoms with van der Waals surface area (Å²) in [4.78, 5) is 21.0. The zero-order valence-corrected chi connectivity index (χ0v) is 14.0. The summed E-state index contributed by atoms with van der Waals surface area (Å²) in [6.07, 6.45) is 3.32. The van der Waals surface area contributed by atoms with Crippen molar-refractivity contribution < 1.29 is 0 Å². The summed E-state index contributed by atoms with van der Waals surface area (Å²) in [5, 5.41) is 4.04. The van der Waals surface area contributed by atoms with Crippen LogP contribution in [0.15, 0.2) is 30.9 Å². The van der Waals surface area contributed by atoms with Gasteiger partial charge in [-0.1, -0.05) is 11.6 Å². The summed E-state index contributed by atoms with van der Waals surface area (Å²) < 4.78 is 1.98. The van der Waals surface area contributed by atoms with Gasteiger partial charge in [-0.2, -0.15) is 0 Å². The van der Waals surface area contributed by atoms with Crippen molar-refractivity contribution in [3.05, 3.63) is 41.7 Å². The van der Waals surface area contributed by atoms with Gasteiger partial charge in [0.25, 0.3) is 0 Å². The van der Waals surface area contributed by atoms with Crippen LogP contribution in [-0.4, -0.2) is 29.5 Å². The number of fused-ring (bicyclic) bond motifs is 2. The Bertz CT molecular complexity index is 1020. The fraction of sp³-hybridized carbons (Fsp3) is 0.250. The molecule has 0 fully saturated rings. The molecule has 7 nitrogen and oxygen atoms in total. The van der Waals surface area contributed by atoms with Gasteiger partial charge in [0.1, 0.15) is 17.7 Å². The normalized spacial score (nSPS) is 12.8. The molecule has 0 saturated carbocycles. The number of nitrogens with zero attached hydrogens (tertiary/aromatic N) is 5. The van der Waals surface area contributed by atoms with Crippen molar-refractivity contribution in [1.82, 2.24) is 29.5 Å². The second-order valence-electron chi connectivity index (χ2n) is 5.57. The molecule has 0 aliphatic heterocycles. The number of halogens is 1. The second kappa shape index (κ2) is 5.76. The molecule has 0 aliphatic rings. The zero-order chi connectivity index (χ0) is 16.7. The van der Waals surface area contributed by atoms with Crippen molar-refractivity contribution >= 4 is 39.6 Å². The lowest BCUT2D eigenvalue weighted by Crippen LogP contribution is -2.10. The lowest BCUT2D eigenvalue weighted by atomic mass is 10.3. The largest absolute Gasteiger partial charge is 0.358 e. The lowest BCUT2D eigenvalue weighted by Gasteiger charge is -2.12. The Morgan fingerprint density at radius 2 is 2.17 bits per heavy atom. The van der Waals surface area contributed by atoms with E-state index in [2.05, 4.69) is 37.2 Å². The zero-order valence-electron chi connectivity index (χ0n) is 13.3. The summed E-state index contributed by atoms with van der Waals surface area (Å²) >= 11 is 6.03. The maximum Gasteiger partial charge on any atom is 0.165 e. The van der Waals surface area contributed by atoms with Crippen LogP contribution in [0.1, 0.15) is 25.7 Å². The van der Waals surface area contributed by atoms with E-state index < -0.39 is 0 Å². The van der Waals surface area contributed by atoms with E-state index in [-0.39, 0.29) is 6.04 Å². The molecule has 122 valence electrons. The van der Waals surface area contributed by atoms with E-state index in [9.17, 15) is 0 Å². The first kappa shape index (κ1) is 14.9. The molecule has 2 N–H and O–H groups in total. The van der Waals surface area contributed by atoms with Crippen LogP contribution in [0.3, 0.4) is 0 Å². The molecule has 0 radical (unpaired) electrons. The van der Waals surface area contributed by atoms with Crippen LogP contribution in [-0.2, 0) is 6.54 Å². The number of hydrogen-bond acceptors (Lipinski definition) is 5. The van der Waals surface area contributed by atoms with Crippen LogP contribution in [0, 0.1) is 0 Å². The molecule has 24 heavy (non-hydrogen) atoms. The first-order valence-corrected chi connectivity index (χ1v) is 8.11. The van der Waals surface area contributed by atoms with Crippen LogP contribution in [0.5, 0.6) is 0 Å². The van der Waals surface area contributed by atoms with Crippen LogP contribution in [0.4, 0.5) is 5.82 Å². The fourth-order valence-electron chi connectivity index (χ4n) is 2.70. The summed E-state index contributed by atoms with van der Waals surface area (Å²) in [7, 11) is 0. The molecule has 1 atom stereocenters. The molecule has 4 aromatic rings. The molecule has 0 spiro atoms. The number of hydrogen-bond donors (Lipinski definition) is 2. The molecule has 4 rings (SSSR count). The van der Waals surface area contributed by atoms with E-state index in [1.807, 2.05) is 29.7 Å². The van der Waals surface area contributed by atoms with Gasteiger partial charge in [-0.05, 0) is 32.0 Å². The molecule has 3 heterocycles. The number of anilines is 1. The van der Waals surface area contributed by atoms with Crippen molar-refractivity contribution in [2.75, 3.05) is 5.32 Å². The summed E-state index contributed by atoms with van der Waals surface area (Å²) in [5.41, 5.74) is 3.37.